The lowest BCUT2D eigenvalue weighted by Gasteiger charge is -2.18. The summed E-state index contributed by atoms with van der Waals surface area (Å²) in [6.45, 7) is 0.712. The number of rotatable bonds is 5. The lowest BCUT2D eigenvalue weighted by atomic mass is 10.1. The van der Waals surface area contributed by atoms with Gasteiger partial charge < -0.3 is 5.73 Å². The highest BCUT2D eigenvalue weighted by atomic mass is 32.2. The van der Waals surface area contributed by atoms with Gasteiger partial charge in [0.05, 0.1) is 11.4 Å². The molecule has 0 atom stereocenters. The largest absolute Gasteiger partial charge is 0.389 e. The molecule has 0 unspecified atom stereocenters. The van der Waals surface area contributed by atoms with E-state index in [-0.39, 0.29) is 9.88 Å². The van der Waals surface area contributed by atoms with Crippen molar-refractivity contribution in [2.45, 2.75) is 18.2 Å². The molecule has 0 radical (unpaired) electrons. The summed E-state index contributed by atoms with van der Waals surface area (Å²) in [4.78, 5) is 0.114. The van der Waals surface area contributed by atoms with Crippen molar-refractivity contribution in [2.24, 2.45) is 5.73 Å². The average Bonchev–Trinajstić information content (AvgIpc) is 2.27. The minimum absolute atomic E-state index is 0.0318. The minimum Gasteiger partial charge on any atom is -0.389 e. The molecule has 1 aromatic carbocycles. The molecular formula is C11H14F2N2O2S2. The van der Waals surface area contributed by atoms with E-state index in [1.807, 2.05) is 0 Å². The Labute approximate surface area is 116 Å². The van der Waals surface area contributed by atoms with Gasteiger partial charge in [0, 0.05) is 12.6 Å². The molecule has 0 saturated heterocycles. The summed E-state index contributed by atoms with van der Waals surface area (Å²) in [5.74, 6) is 0. The van der Waals surface area contributed by atoms with Gasteiger partial charge >= 0.3 is 0 Å². The summed E-state index contributed by atoms with van der Waals surface area (Å²) >= 11 is 4.79. The van der Waals surface area contributed by atoms with Crippen LogP contribution >= 0.6 is 12.2 Å². The van der Waals surface area contributed by atoms with Gasteiger partial charge in [0.25, 0.3) is 6.43 Å². The van der Waals surface area contributed by atoms with E-state index in [0.29, 0.717) is 15.4 Å². The van der Waals surface area contributed by atoms with Crippen LogP contribution in [0.25, 0.3) is 0 Å². The van der Waals surface area contributed by atoms with E-state index < -0.39 is 23.0 Å². The number of nitrogens with zero attached hydrogens (tertiary/aromatic N) is 1. The Bertz CT molecular complexity index is 588. The molecule has 0 spiro atoms. The first kappa shape index (κ1) is 15.9. The van der Waals surface area contributed by atoms with Gasteiger partial charge in [-0.3, -0.25) is 0 Å². The fourth-order valence-electron chi connectivity index (χ4n) is 1.55. The Morgan fingerprint density at radius 3 is 2.47 bits per heavy atom. The Balaban J connectivity index is 3.19. The van der Waals surface area contributed by atoms with Crippen molar-refractivity contribution in [3.63, 3.8) is 0 Å². The number of nitrogens with two attached hydrogens (primary N) is 1. The second-order valence-corrected chi connectivity index (χ2v) is 6.47. The molecule has 106 valence electrons. The molecule has 4 nitrogen and oxygen atoms in total. The summed E-state index contributed by atoms with van der Waals surface area (Å²) in [7, 11) is -2.82. The van der Waals surface area contributed by atoms with Crippen molar-refractivity contribution in [1.29, 1.82) is 0 Å². The summed E-state index contributed by atoms with van der Waals surface area (Å²) < 4.78 is 49.3. The molecule has 0 fully saturated rings. The van der Waals surface area contributed by atoms with E-state index in [0.717, 1.165) is 7.05 Å². The van der Waals surface area contributed by atoms with Crippen molar-refractivity contribution in [3.8, 4) is 0 Å². The summed E-state index contributed by atoms with van der Waals surface area (Å²) in [5, 5.41) is 0. The van der Waals surface area contributed by atoms with Crippen LogP contribution in [0, 0.1) is 6.92 Å². The lowest BCUT2D eigenvalue weighted by Crippen LogP contribution is -2.31. The van der Waals surface area contributed by atoms with Gasteiger partial charge in [0.2, 0.25) is 10.0 Å². The minimum atomic E-state index is -3.94. The number of aryl methyl sites for hydroxylation is 1. The molecule has 0 aliphatic rings. The van der Waals surface area contributed by atoms with Crippen LogP contribution in [0.15, 0.2) is 23.1 Å². The molecule has 1 aromatic rings. The molecule has 1 rings (SSSR count). The fourth-order valence-corrected chi connectivity index (χ4v) is 3.03. The van der Waals surface area contributed by atoms with Crippen LogP contribution in [0.4, 0.5) is 8.78 Å². The van der Waals surface area contributed by atoms with Gasteiger partial charge in [-0.2, -0.15) is 4.31 Å². The Hall–Kier alpha value is -1.12. The molecule has 0 saturated carbocycles. The van der Waals surface area contributed by atoms with Gasteiger partial charge in [0.15, 0.2) is 0 Å². The van der Waals surface area contributed by atoms with Crippen molar-refractivity contribution < 1.29 is 17.2 Å². The normalized spacial score (nSPS) is 12.1. The highest BCUT2D eigenvalue weighted by Crippen LogP contribution is 2.20. The van der Waals surface area contributed by atoms with E-state index in [9.17, 15) is 17.2 Å². The van der Waals surface area contributed by atoms with Crippen molar-refractivity contribution >= 4 is 27.2 Å². The predicted molar refractivity (Wildman–Crippen MR) is 72.9 cm³/mol. The van der Waals surface area contributed by atoms with Gasteiger partial charge in [-0.25, -0.2) is 17.2 Å². The third-order valence-electron chi connectivity index (χ3n) is 2.54. The van der Waals surface area contributed by atoms with E-state index in [1.54, 1.807) is 6.92 Å². The second kappa shape index (κ2) is 5.89. The van der Waals surface area contributed by atoms with Crippen molar-refractivity contribution in [2.75, 3.05) is 13.6 Å². The number of hydrogen-bond acceptors (Lipinski definition) is 3. The number of halogens is 2. The molecule has 8 heteroatoms. The number of benzene rings is 1. The smallest absolute Gasteiger partial charge is 0.252 e. The first-order valence-electron chi connectivity index (χ1n) is 5.31. The van der Waals surface area contributed by atoms with Gasteiger partial charge in [-0.15, -0.1) is 0 Å². The molecule has 2 N–H and O–H groups in total. The Kier molecular flexibility index (Phi) is 4.94. The van der Waals surface area contributed by atoms with Crippen molar-refractivity contribution in [1.82, 2.24) is 4.31 Å². The summed E-state index contributed by atoms with van der Waals surface area (Å²) in [6, 6.07) is 4.30. The SMILES string of the molecule is Cc1cc(C(N)=S)ccc1S(=O)(=O)N(C)CC(F)F. The van der Waals surface area contributed by atoms with Crippen LogP contribution < -0.4 is 5.73 Å². The Morgan fingerprint density at radius 2 is 2.05 bits per heavy atom. The van der Waals surface area contributed by atoms with E-state index in [4.69, 9.17) is 18.0 Å². The summed E-state index contributed by atoms with van der Waals surface area (Å²) in [5.41, 5.74) is 6.38. The zero-order valence-corrected chi connectivity index (χ0v) is 12.1. The predicted octanol–water partition coefficient (Wildman–Crippen LogP) is 1.51. The van der Waals surface area contributed by atoms with Crippen LogP contribution in [0.5, 0.6) is 0 Å². The van der Waals surface area contributed by atoms with Crippen molar-refractivity contribution in [3.05, 3.63) is 29.3 Å². The first-order valence-corrected chi connectivity index (χ1v) is 7.16. The number of sulfonamides is 1. The van der Waals surface area contributed by atoms with Gasteiger partial charge in [-0.1, -0.05) is 18.3 Å². The average molecular weight is 308 g/mol. The van der Waals surface area contributed by atoms with Crippen LogP contribution in [0.1, 0.15) is 11.1 Å². The first-order chi connectivity index (χ1) is 8.66. The maximum absolute atomic E-state index is 12.3. The summed E-state index contributed by atoms with van der Waals surface area (Å²) in [6.07, 6.45) is -2.73. The molecule has 0 heterocycles. The molecule has 0 aliphatic carbocycles. The maximum atomic E-state index is 12.3. The molecule has 0 bridgehead atoms. The highest BCUT2D eigenvalue weighted by Gasteiger charge is 2.25. The number of thiocarbonyl (C=S) groups is 1. The van der Waals surface area contributed by atoms with Crippen LogP contribution in [-0.2, 0) is 10.0 Å². The van der Waals surface area contributed by atoms with Crippen LogP contribution in [0.3, 0.4) is 0 Å². The molecule has 0 aromatic heterocycles. The van der Waals surface area contributed by atoms with Gasteiger partial charge in [-0.05, 0) is 24.6 Å². The van der Waals surface area contributed by atoms with E-state index in [1.165, 1.54) is 18.2 Å². The maximum Gasteiger partial charge on any atom is 0.252 e. The van der Waals surface area contributed by atoms with Gasteiger partial charge in [0.1, 0.15) is 4.99 Å². The molecular weight excluding hydrogens is 294 g/mol. The monoisotopic (exact) mass is 308 g/mol. The topological polar surface area (TPSA) is 63.4 Å². The second-order valence-electron chi connectivity index (χ2n) is 4.02. The zero-order valence-electron chi connectivity index (χ0n) is 10.4. The molecule has 19 heavy (non-hydrogen) atoms. The number of alkyl halides is 2. The van der Waals surface area contributed by atoms with E-state index in [2.05, 4.69) is 0 Å². The molecule has 0 amide bonds. The standard InChI is InChI=1S/C11H14F2N2O2S2/c1-7-5-8(11(14)18)3-4-9(7)19(16,17)15(2)6-10(12)13/h3-5,10H,6H2,1-2H3,(H2,14,18). The highest BCUT2D eigenvalue weighted by molar-refractivity contribution is 7.89. The van der Waals surface area contributed by atoms with Crippen LogP contribution in [-0.4, -0.2) is 37.7 Å². The lowest BCUT2D eigenvalue weighted by molar-refractivity contribution is 0.126. The zero-order chi connectivity index (χ0) is 14.8. The quantitative estimate of drug-likeness (QED) is 0.838. The fraction of sp³-hybridized carbons (Fsp3) is 0.364. The Morgan fingerprint density at radius 1 is 1.47 bits per heavy atom. The van der Waals surface area contributed by atoms with E-state index >= 15 is 0 Å². The molecule has 0 aliphatic heterocycles. The van der Waals surface area contributed by atoms with Crippen LogP contribution in [0.2, 0.25) is 0 Å². The third kappa shape index (κ3) is 3.68. The number of hydrogen-bond donors (Lipinski definition) is 1. The third-order valence-corrected chi connectivity index (χ3v) is 4.76.